The first-order valence-electron chi connectivity index (χ1n) is 15.7. The van der Waals surface area contributed by atoms with Crippen molar-refractivity contribution in [1.82, 2.24) is 9.13 Å². The second-order valence-corrected chi connectivity index (χ2v) is 12.4. The molecule has 0 spiro atoms. The summed E-state index contributed by atoms with van der Waals surface area (Å²) >= 11 is 0. The van der Waals surface area contributed by atoms with Gasteiger partial charge >= 0.3 is 0 Å². The van der Waals surface area contributed by atoms with Gasteiger partial charge in [0.1, 0.15) is 11.2 Å². The molecule has 0 aliphatic heterocycles. The third kappa shape index (κ3) is 3.50. The fraction of sp³-hybridized carbons (Fsp3) is 0.0476. The summed E-state index contributed by atoms with van der Waals surface area (Å²) in [5.41, 5.74) is 13.5. The van der Waals surface area contributed by atoms with E-state index in [0.29, 0.717) is 0 Å². The molecule has 0 aliphatic carbocycles. The highest BCUT2D eigenvalue weighted by Crippen LogP contribution is 2.42. The standard InChI is InChI=1S/C42H28N2O2/c1-25-5-3-7-31(21-25)43-35-13-11-29(23-33(35)39-37(43)15-9-27-17-19-45-41(27)39)30-12-14-36-34(24-30)40-38(16-10-28-18-20-46-42(28)40)44(36)32-8-4-6-26(2)22-32/h3-24H,1-2H3. The Kier molecular flexibility index (Phi) is 5.10. The molecule has 4 heteroatoms. The smallest absolute Gasteiger partial charge is 0.143 e. The van der Waals surface area contributed by atoms with Crippen LogP contribution in [-0.4, -0.2) is 9.13 Å². The molecule has 218 valence electrons. The number of rotatable bonds is 3. The lowest BCUT2D eigenvalue weighted by Crippen LogP contribution is -1.94. The maximum absolute atomic E-state index is 6.12. The minimum Gasteiger partial charge on any atom is -0.464 e. The Bertz CT molecular complexity index is 2640. The van der Waals surface area contributed by atoms with Gasteiger partial charge in [0.15, 0.2) is 0 Å². The molecule has 6 aromatic carbocycles. The molecule has 4 aromatic heterocycles. The SMILES string of the molecule is Cc1cccc(-n2c3ccc(-c4ccc5c(c4)c4c6occc6ccc4n5-c4cccc(C)c4)cc3c3c4occc4ccc32)c1. The second-order valence-electron chi connectivity index (χ2n) is 12.4. The van der Waals surface area contributed by atoms with E-state index in [4.69, 9.17) is 8.83 Å². The Balaban J connectivity index is 1.26. The van der Waals surface area contributed by atoms with Crippen LogP contribution in [0.4, 0.5) is 0 Å². The van der Waals surface area contributed by atoms with Gasteiger partial charge in [-0.3, -0.25) is 0 Å². The number of aryl methyl sites for hydroxylation is 2. The summed E-state index contributed by atoms with van der Waals surface area (Å²) in [7, 11) is 0. The van der Waals surface area contributed by atoms with Gasteiger partial charge in [-0.2, -0.15) is 0 Å². The van der Waals surface area contributed by atoms with Crippen molar-refractivity contribution in [3.05, 3.63) is 145 Å². The lowest BCUT2D eigenvalue weighted by molar-refractivity contribution is 0.619. The van der Waals surface area contributed by atoms with E-state index in [0.717, 1.165) is 77.3 Å². The number of nitrogens with zero attached hydrogens (tertiary/aromatic N) is 2. The van der Waals surface area contributed by atoms with E-state index in [1.54, 1.807) is 12.5 Å². The number of hydrogen-bond donors (Lipinski definition) is 0. The van der Waals surface area contributed by atoms with Crippen LogP contribution in [0.3, 0.4) is 0 Å². The van der Waals surface area contributed by atoms with Crippen molar-refractivity contribution in [1.29, 1.82) is 0 Å². The molecule has 46 heavy (non-hydrogen) atoms. The molecular formula is C42H28N2O2. The molecule has 0 amide bonds. The summed E-state index contributed by atoms with van der Waals surface area (Å²) in [6, 6.07) is 43.9. The summed E-state index contributed by atoms with van der Waals surface area (Å²) in [6.07, 6.45) is 3.58. The molecule has 0 atom stereocenters. The van der Waals surface area contributed by atoms with E-state index in [9.17, 15) is 0 Å². The second kappa shape index (κ2) is 9.26. The highest BCUT2D eigenvalue weighted by Gasteiger charge is 2.20. The highest BCUT2D eigenvalue weighted by atomic mass is 16.3. The van der Waals surface area contributed by atoms with Gasteiger partial charge in [0.05, 0.1) is 45.4 Å². The van der Waals surface area contributed by atoms with E-state index >= 15 is 0 Å². The molecule has 10 rings (SSSR count). The number of benzene rings is 6. The minimum absolute atomic E-state index is 0.919. The van der Waals surface area contributed by atoms with Crippen LogP contribution in [0.15, 0.2) is 143 Å². The third-order valence-corrected chi connectivity index (χ3v) is 9.55. The first kappa shape index (κ1) is 25.3. The first-order chi connectivity index (χ1) is 22.6. The molecule has 4 nitrogen and oxygen atoms in total. The van der Waals surface area contributed by atoms with Gasteiger partial charge in [-0.25, -0.2) is 0 Å². The average Bonchev–Trinajstić information content (AvgIpc) is 3.86. The van der Waals surface area contributed by atoms with Crippen LogP contribution in [-0.2, 0) is 0 Å². The predicted molar refractivity (Wildman–Crippen MR) is 190 cm³/mol. The fourth-order valence-electron chi connectivity index (χ4n) is 7.51. The van der Waals surface area contributed by atoms with Crippen molar-refractivity contribution in [2.45, 2.75) is 13.8 Å². The molecule has 4 heterocycles. The summed E-state index contributed by atoms with van der Waals surface area (Å²) in [5, 5.41) is 6.82. The molecule has 0 unspecified atom stereocenters. The van der Waals surface area contributed by atoms with Crippen LogP contribution in [0.2, 0.25) is 0 Å². The van der Waals surface area contributed by atoms with E-state index < -0.39 is 0 Å². The quantitative estimate of drug-likeness (QED) is 0.205. The lowest BCUT2D eigenvalue weighted by atomic mass is 10.00. The third-order valence-electron chi connectivity index (χ3n) is 9.55. The van der Waals surface area contributed by atoms with Crippen molar-refractivity contribution >= 4 is 65.6 Å². The molecule has 0 aliphatic rings. The molecule has 0 N–H and O–H groups in total. The Morgan fingerprint density at radius 1 is 0.435 bits per heavy atom. The zero-order valence-electron chi connectivity index (χ0n) is 25.4. The van der Waals surface area contributed by atoms with Crippen LogP contribution in [0.5, 0.6) is 0 Å². The van der Waals surface area contributed by atoms with E-state index in [1.165, 1.54) is 21.9 Å². The summed E-state index contributed by atoms with van der Waals surface area (Å²) < 4.78 is 17.0. The number of fused-ring (bicyclic) bond motifs is 10. The zero-order chi connectivity index (χ0) is 30.5. The predicted octanol–water partition coefficient (Wildman–Crippen LogP) is 11.7. The maximum Gasteiger partial charge on any atom is 0.143 e. The Morgan fingerprint density at radius 3 is 1.35 bits per heavy atom. The fourth-order valence-corrected chi connectivity index (χ4v) is 7.51. The Morgan fingerprint density at radius 2 is 0.891 bits per heavy atom. The summed E-state index contributed by atoms with van der Waals surface area (Å²) in [5.74, 6) is 0. The van der Waals surface area contributed by atoms with Gasteiger partial charge in [0, 0.05) is 32.9 Å². The molecule has 10 aromatic rings. The maximum atomic E-state index is 6.12. The molecule has 0 saturated heterocycles. The summed E-state index contributed by atoms with van der Waals surface area (Å²) in [4.78, 5) is 0. The largest absolute Gasteiger partial charge is 0.464 e. The number of furan rings is 2. The normalized spacial score (nSPS) is 12.1. The van der Waals surface area contributed by atoms with Crippen LogP contribution in [0.1, 0.15) is 11.1 Å². The van der Waals surface area contributed by atoms with Crippen molar-refractivity contribution < 1.29 is 8.83 Å². The zero-order valence-corrected chi connectivity index (χ0v) is 25.4. The molecule has 0 bridgehead atoms. The van der Waals surface area contributed by atoms with Gasteiger partial charge in [-0.1, -0.05) is 36.4 Å². The van der Waals surface area contributed by atoms with Gasteiger partial charge in [0.25, 0.3) is 0 Å². The van der Waals surface area contributed by atoms with E-state index in [2.05, 4.69) is 132 Å². The summed E-state index contributed by atoms with van der Waals surface area (Å²) in [6.45, 7) is 4.28. The van der Waals surface area contributed by atoms with Gasteiger partial charge in [-0.05, 0) is 121 Å². The monoisotopic (exact) mass is 592 g/mol. The molecule has 0 saturated carbocycles. The highest BCUT2D eigenvalue weighted by molar-refractivity contribution is 6.22. The topological polar surface area (TPSA) is 36.1 Å². The molecule has 0 radical (unpaired) electrons. The minimum atomic E-state index is 0.919. The van der Waals surface area contributed by atoms with Crippen LogP contribution >= 0.6 is 0 Å². The van der Waals surface area contributed by atoms with Crippen molar-refractivity contribution in [3.8, 4) is 22.5 Å². The van der Waals surface area contributed by atoms with Crippen molar-refractivity contribution in [2.75, 3.05) is 0 Å². The van der Waals surface area contributed by atoms with Gasteiger partial charge in [0.2, 0.25) is 0 Å². The Labute approximate surface area is 264 Å². The van der Waals surface area contributed by atoms with E-state index in [-0.39, 0.29) is 0 Å². The number of aromatic nitrogens is 2. The molecular weight excluding hydrogens is 564 g/mol. The lowest BCUT2D eigenvalue weighted by Gasteiger charge is -2.10. The first-order valence-corrected chi connectivity index (χ1v) is 15.7. The average molecular weight is 593 g/mol. The number of hydrogen-bond acceptors (Lipinski definition) is 2. The van der Waals surface area contributed by atoms with Crippen LogP contribution in [0, 0.1) is 13.8 Å². The van der Waals surface area contributed by atoms with Gasteiger partial charge in [-0.15, -0.1) is 0 Å². The van der Waals surface area contributed by atoms with Crippen LogP contribution in [0.25, 0.3) is 88.1 Å². The van der Waals surface area contributed by atoms with E-state index in [1.807, 2.05) is 12.1 Å². The van der Waals surface area contributed by atoms with Gasteiger partial charge < -0.3 is 18.0 Å². The Hall–Kier alpha value is -6.00. The molecule has 0 fully saturated rings. The van der Waals surface area contributed by atoms with Crippen LogP contribution < -0.4 is 0 Å². The van der Waals surface area contributed by atoms with Crippen molar-refractivity contribution in [2.24, 2.45) is 0 Å². The van der Waals surface area contributed by atoms with Crippen molar-refractivity contribution in [3.63, 3.8) is 0 Å².